The summed E-state index contributed by atoms with van der Waals surface area (Å²) in [6.07, 6.45) is 12.6. The van der Waals surface area contributed by atoms with Gasteiger partial charge in [-0.15, -0.1) is 0 Å². The third-order valence-corrected chi connectivity index (χ3v) is 7.29. The van der Waals surface area contributed by atoms with Crippen LogP contribution in [-0.4, -0.2) is 71.4 Å². The number of benzene rings is 1. The highest BCUT2D eigenvalue weighted by atomic mass is 15.2. The van der Waals surface area contributed by atoms with Crippen LogP contribution in [0.15, 0.2) is 77.2 Å². The molecule has 0 aliphatic carbocycles. The van der Waals surface area contributed by atoms with Crippen LogP contribution in [0, 0.1) is 0 Å². The number of rotatable bonds is 4. The van der Waals surface area contributed by atoms with Gasteiger partial charge in [-0.05, 0) is 68.0 Å². The fourth-order valence-electron chi connectivity index (χ4n) is 5.15. The van der Waals surface area contributed by atoms with E-state index in [0.717, 1.165) is 66.7 Å². The molecule has 190 valence electrons. The zero-order valence-electron chi connectivity index (χ0n) is 21.8. The Hall–Kier alpha value is -3.75. The molecule has 2 N–H and O–H groups in total. The minimum Gasteiger partial charge on any atom is -0.369 e. The van der Waals surface area contributed by atoms with Gasteiger partial charge in [-0.25, -0.2) is 15.0 Å². The first-order valence-electron chi connectivity index (χ1n) is 13.0. The van der Waals surface area contributed by atoms with Gasteiger partial charge in [0.1, 0.15) is 5.84 Å². The first-order valence-corrected chi connectivity index (χ1v) is 13.0. The first-order chi connectivity index (χ1) is 18.0. The van der Waals surface area contributed by atoms with Gasteiger partial charge < -0.3 is 25.3 Å². The van der Waals surface area contributed by atoms with Crippen molar-refractivity contribution in [1.29, 1.82) is 0 Å². The summed E-state index contributed by atoms with van der Waals surface area (Å²) < 4.78 is 0. The monoisotopic (exact) mass is 494 g/mol. The molecule has 8 heteroatoms. The minimum absolute atomic E-state index is 0.216. The summed E-state index contributed by atoms with van der Waals surface area (Å²) in [6, 6.07) is 8.76. The molecule has 37 heavy (non-hydrogen) atoms. The Bertz CT molecular complexity index is 1340. The van der Waals surface area contributed by atoms with Crippen LogP contribution in [0.1, 0.15) is 25.1 Å². The van der Waals surface area contributed by atoms with Gasteiger partial charge in [-0.2, -0.15) is 0 Å². The summed E-state index contributed by atoms with van der Waals surface area (Å²) in [7, 11) is 2.18. The second kappa shape index (κ2) is 9.95. The van der Waals surface area contributed by atoms with Gasteiger partial charge in [0.25, 0.3) is 0 Å². The Morgan fingerprint density at radius 1 is 1.11 bits per heavy atom. The van der Waals surface area contributed by atoms with Gasteiger partial charge in [0, 0.05) is 80.8 Å². The average Bonchev–Trinajstić information content (AvgIpc) is 3.07. The SMILES string of the molecule is CC1=CN=C2C=CC(C3=C[C@@H](C)NCc4nc(Nc5cccc(N6CCN(C)CC6)c5)ncc43)=CN2C1. The second-order valence-corrected chi connectivity index (χ2v) is 10.3. The molecule has 5 heterocycles. The van der Waals surface area contributed by atoms with Crippen LogP contribution >= 0.6 is 0 Å². The molecular formula is C29H34N8. The number of amidine groups is 1. The molecule has 4 aliphatic rings. The second-order valence-electron chi connectivity index (χ2n) is 10.3. The van der Waals surface area contributed by atoms with E-state index in [2.05, 4.69) is 99.9 Å². The highest BCUT2D eigenvalue weighted by molar-refractivity contribution is 5.99. The number of nitrogens with zero attached hydrogens (tertiary/aromatic N) is 6. The van der Waals surface area contributed by atoms with E-state index in [1.807, 2.05) is 12.4 Å². The summed E-state index contributed by atoms with van der Waals surface area (Å²) in [5.41, 5.74) is 7.83. The minimum atomic E-state index is 0.216. The van der Waals surface area contributed by atoms with Crippen molar-refractivity contribution >= 4 is 28.7 Å². The number of likely N-dealkylation sites (N-methyl/N-ethyl adjacent to an activating group) is 1. The Kier molecular flexibility index (Phi) is 6.36. The predicted octanol–water partition coefficient (Wildman–Crippen LogP) is 3.92. The Labute approximate surface area is 218 Å². The Morgan fingerprint density at radius 3 is 2.84 bits per heavy atom. The van der Waals surface area contributed by atoms with Gasteiger partial charge in [-0.3, -0.25) is 0 Å². The summed E-state index contributed by atoms with van der Waals surface area (Å²) in [6.45, 7) is 10.1. The molecule has 6 rings (SSSR count). The predicted molar refractivity (Wildman–Crippen MR) is 151 cm³/mol. The third-order valence-electron chi connectivity index (χ3n) is 7.29. The van der Waals surface area contributed by atoms with Crippen LogP contribution in [0.4, 0.5) is 17.3 Å². The van der Waals surface area contributed by atoms with Gasteiger partial charge >= 0.3 is 0 Å². The van der Waals surface area contributed by atoms with Crippen LogP contribution in [0.2, 0.25) is 0 Å². The van der Waals surface area contributed by atoms with E-state index < -0.39 is 0 Å². The zero-order chi connectivity index (χ0) is 25.4. The van der Waals surface area contributed by atoms with E-state index in [-0.39, 0.29) is 6.04 Å². The molecule has 1 saturated heterocycles. The molecular weight excluding hydrogens is 460 g/mol. The summed E-state index contributed by atoms with van der Waals surface area (Å²) in [5.74, 6) is 1.59. The number of fused-ring (bicyclic) bond motifs is 2. The quantitative estimate of drug-likeness (QED) is 0.668. The number of allylic oxidation sites excluding steroid dienone is 3. The van der Waals surface area contributed by atoms with Crippen molar-refractivity contribution in [3.8, 4) is 0 Å². The summed E-state index contributed by atoms with van der Waals surface area (Å²) in [4.78, 5) is 21.3. The lowest BCUT2D eigenvalue weighted by Crippen LogP contribution is -2.44. The van der Waals surface area contributed by atoms with Gasteiger partial charge in [0.05, 0.1) is 5.69 Å². The van der Waals surface area contributed by atoms with Crippen LogP contribution in [0.3, 0.4) is 0 Å². The lowest BCUT2D eigenvalue weighted by Gasteiger charge is -2.34. The molecule has 1 atom stereocenters. The molecule has 0 amide bonds. The standard InChI is InChI=1S/C29H34N8/c1-20-15-31-28-8-7-22(19-37(28)18-20)25-13-21(2)30-17-27-26(25)16-32-29(34-27)33-23-5-4-6-24(14-23)36-11-9-35(3)10-12-36/h4-8,13-16,19,21,30H,9-12,17-18H2,1-3H3,(H,32,33,34)/t21-/m1/s1. The third kappa shape index (κ3) is 5.08. The molecule has 0 unspecified atom stereocenters. The fourth-order valence-corrected chi connectivity index (χ4v) is 5.15. The maximum Gasteiger partial charge on any atom is 0.227 e. The van der Waals surface area contributed by atoms with Crippen LogP contribution < -0.4 is 15.5 Å². The number of aliphatic imine (C=N–C) groups is 1. The highest BCUT2D eigenvalue weighted by Crippen LogP contribution is 2.32. The van der Waals surface area contributed by atoms with Crippen molar-refractivity contribution in [3.63, 3.8) is 0 Å². The van der Waals surface area contributed by atoms with Crippen LogP contribution in [-0.2, 0) is 6.54 Å². The highest BCUT2D eigenvalue weighted by Gasteiger charge is 2.23. The largest absolute Gasteiger partial charge is 0.369 e. The number of hydrogen-bond donors (Lipinski definition) is 2. The normalized spacial score (nSPS) is 21.8. The maximum atomic E-state index is 4.95. The van der Waals surface area contributed by atoms with Gasteiger partial charge in [0.15, 0.2) is 0 Å². The van der Waals surface area contributed by atoms with Crippen molar-refractivity contribution in [2.45, 2.75) is 26.4 Å². The topological polar surface area (TPSA) is 71.9 Å². The molecule has 4 aliphatic heterocycles. The number of hydrogen-bond acceptors (Lipinski definition) is 8. The van der Waals surface area contributed by atoms with Crippen molar-refractivity contribution in [2.75, 3.05) is 50.0 Å². The zero-order valence-corrected chi connectivity index (χ0v) is 21.8. The first kappa shape index (κ1) is 23.6. The van der Waals surface area contributed by atoms with E-state index in [1.165, 1.54) is 11.3 Å². The van der Waals surface area contributed by atoms with E-state index in [0.29, 0.717) is 12.5 Å². The van der Waals surface area contributed by atoms with Crippen LogP contribution in [0.25, 0.3) is 5.57 Å². The van der Waals surface area contributed by atoms with Crippen LogP contribution in [0.5, 0.6) is 0 Å². The van der Waals surface area contributed by atoms with Crippen molar-refractivity contribution in [3.05, 3.63) is 83.5 Å². The molecule has 1 aromatic heterocycles. The molecule has 0 saturated carbocycles. The average molecular weight is 495 g/mol. The van der Waals surface area contributed by atoms with Crippen molar-refractivity contribution in [2.24, 2.45) is 4.99 Å². The molecule has 8 nitrogen and oxygen atoms in total. The number of aromatic nitrogens is 2. The number of nitrogens with one attached hydrogen (secondary N) is 2. The molecule has 0 bridgehead atoms. The lowest BCUT2D eigenvalue weighted by molar-refractivity contribution is 0.313. The Balaban J connectivity index is 1.25. The van der Waals surface area contributed by atoms with Gasteiger partial charge in [0.2, 0.25) is 5.95 Å². The van der Waals surface area contributed by atoms with E-state index in [1.54, 1.807) is 0 Å². The molecule has 0 spiro atoms. The number of anilines is 3. The van der Waals surface area contributed by atoms with E-state index in [4.69, 9.17) is 9.97 Å². The molecule has 2 aromatic rings. The maximum absolute atomic E-state index is 4.95. The lowest BCUT2D eigenvalue weighted by atomic mass is 9.95. The molecule has 1 fully saturated rings. The fraction of sp³-hybridized carbons (Fsp3) is 0.345. The smallest absolute Gasteiger partial charge is 0.227 e. The molecule has 0 radical (unpaired) electrons. The Morgan fingerprint density at radius 2 is 1.97 bits per heavy atom. The summed E-state index contributed by atoms with van der Waals surface area (Å²) in [5, 5.41) is 7.02. The molecule has 1 aromatic carbocycles. The van der Waals surface area contributed by atoms with Crippen molar-refractivity contribution < 1.29 is 0 Å². The summed E-state index contributed by atoms with van der Waals surface area (Å²) >= 11 is 0. The van der Waals surface area contributed by atoms with E-state index >= 15 is 0 Å². The van der Waals surface area contributed by atoms with E-state index in [9.17, 15) is 0 Å². The number of piperazine rings is 1. The van der Waals surface area contributed by atoms with Crippen molar-refractivity contribution in [1.82, 2.24) is 25.1 Å². The van der Waals surface area contributed by atoms with Gasteiger partial charge in [-0.1, -0.05) is 12.1 Å².